The number of rotatable bonds is 14. The SMILES string of the molecule is COC(=O)CN1CCN(CC(=O)O)CCC(CCCCC(=O)N(N)N)(N(CC(=O)O)CC(=O)OC)C1. The van der Waals surface area contributed by atoms with Gasteiger partial charge >= 0.3 is 23.9 Å². The predicted octanol–water partition coefficient (Wildman–Crippen LogP) is -2.31. The van der Waals surface area contributed by atoms with Crippen LogP contribution in [-0.2, 0) is 33.4 Å². The summed E-state index contributed by atoms with van der Waals surface area (Å²) in [5.41, 5.74) is -0.966. The molecule has 1 aliphatic rings. The maximum atomic E-state index is 12.2. The minimum Gasteiger partial charge on any atom is -0.480 e. The Morgan fingerprint density at radius 3 is 2.06 bits per heavy atom. The number of carboxylic acids is 2. The van der Waals surface area contributed by atoms with Gasteiger partial charge in [-0.05, 0) is 19.3 Å². The van der Waals surface area contributed by atoms with Gasteiger partial charge in [-0.1, -0.05) is 6.42 Å². The van der Waals surface area contributed by atoms with Gasteiger partial charge in [-0.25, -0.2) is 16.8 Å². The Bertz CT molecular complexity index is 781. The number of methoxy groups -OCH3 is 2. The summed E-state index contributed by atoms with van der Waals surface area (Å²) in [7, 11) is 2.45. The van der Waals surface area contributed by atoms with Gasteiger partial charge in [0, 0.05) is 38.1 Å². The number of carboxylic acid groups (broad SMARTS) is 2. The third-order valence-electron chi connectivity index (χ3n) is 6.20. The van der Waals surface area contributed by atoms with E-state index in [2.05, 4.69) is 0 Å². The van der Waals surface area contributed by atoms with E-state index in [1.54, 1.807) is 9.80 Å². The molecule has 1 rings (SSSR count). The number of ether oxygens (including phenoxy) is 2. The van der Waals surface area contributed by atoms with Crippen LogP contribution in [0.1, 0.15) is 32.1 Å². The maximum Gasteiger partial charge on any atom is 0.319 e. The van der Waals surface area contributed by atoms with Crippen molar-refractivity contribution < 1.29 is 43.7 Å². The summed E-state index contributed by atoms with van der Waals surface area (Å²) < 4.78 is 9.60. The first-order valence-corrected chi connectivity index (χ1v) is 11.5. The molecule has 1 aliphatic heterocycles. The van der Waals surface area contributed by atoms with Gasteiger partial charge in [0.2, 0.25) is 0 Å². The summed E-state index contributed by atoms with van der Waals surface area (Å²) in [5.74, 6) is 6.71. The number of amides is 1. The molecule has 0 radical (unpaired) electrons. The zero-order chi connectivity index (χ0) is 27.3. The van der Waals surface area contributed by atoms with Crippen molar-refractivity contribution in [1.82, 2.24) is 19.8 Å². The fourth-order valence-corrected chi connectivity index (χ4v) is 4.32. The van der Waals surface area contributed by atoms with E-state index in [1.165, 1.54) is 19.1 Å². The molecule has 0 bridgehead atoms. The zero-order valence-corrected chi connectivity index (χ0v) is 20.9. The topological polar surface area (TPSA) is 209 Å². The summed E-state index contributed by atoms with van der Waals surface area (Å²) in [5, 5.41) is 19.4. The molecule has 0 aromatic carbocycles. The number of carbonyl (C=O) groups is 5. The van der Waals surface area contributed by atoms with E-state index in [4.69, 9.17) is 21.2 Å². The minimum absolute atomic E-state index is 0.0655. The van der Waals surface area contributed by atoms with Crippen LogP contribution in [0.25, 0.3) is 0 Å². The van der Waals surface area contributed by atoms with E-state index in [0.717, 1.165) is 0 Å². The Labute approximate surface area is 209 Å². The Hall–Kier alpha value is -2.85. The Morgan fingerprint density at radius 2 is 1.50 bits per heavy atom. The highest BCUT2D eigenvalue weighted by molar-refractivity contribution is 5.75. The van der Waals surface area contributed by atoms with Crippen molar-refractivity contribution in [2.75, 3.05) is 66.6 Å². The zero-order valence-electron chi connectivity index (χ0n) is 20.9. The van der Waals surface area contributed by atoms with Crippen LogP contribution in [0.3, 0.4) is 0 Å². The molecule has 1 amide bonds. The summed E-state index contributed by atoms with van der Waals surface area (Å²) in [6.45, 7) is 0.0464. The minimum atomic E-state index is -1.17. The number of hydrazine groups is 2. The fourth-order valence-electron chi connectivity index (χ4n) is 4.32. The predicted molar refractivity (Wildman–Crippen MR) is 125 cm³/mol. The second kappa shape index (κ2) is 15.3. The van der Waals surface area contributed by atoms with E-state index in [0.29, 0.717) is 50.4 Å². The van der Waals surface area contributed by atoms with Crippen molar-refractivity contribution in [1.29, 1.82) is 0 Å². The molecule has 15 heteroatoms. The van der Waals surface area contributed by atoms with Crippen molar-refractivity contribution in [3.8, 4) is 0 Å². The molecule has 206 valence electrons. The highest BCUT2D eigenvalue weighted by Crippen LogP contribution is 2.30. The van der Waals surface area contributed by atoms with Crippen molar-refractivity contribution in [3.63, 3.8) is 0 Å². The van der Waals surface area contributed by atoms with Crippen LogP contribution in [-0.4, -0.2) is 132 Å². The summed E-state index contributed by atoms with van der Waals surface area (Å²) in [6.07, 6.45) is 1.55. The normalized spacial score (nSPS) is 19.2. The van der Waals surface area contributed by atoms with E-state index in [1.807, 2.05) is 0 Å². The molecule has 1 heterocycles. The van der Waals surface area contributed by atoms with E-state index in [9.17, 15) is 34.2 Å². The van der Waals surface area contributed by atoms with Gasteiger partial charge in [-0.15, -0.1) is 0 Å². The molecule has 6 N–H and O–H groups in total. The molecule has 36 heavy (non-hydrogen) atoms. The van der Waals surface area contributed by atoms with Crippen LogP contribution in [0, 0.1) is 0 Å². The molecular weight excluding hydrogens is 480 g/mol. The summed E-state index contributed by atoms with van der Waals surface area (Å²) >= 11 is 0. The first-order valence-electron chi connectivity index (χ1n) is 11.5. The second-order valence-electron chi connectivity index (χ2n) is 8.77. The number of aliphatic carboxylic acids is 2. The van der Waals surface area contributed by atoms with Crippen molar-refractivity contribution >= 4 is 29.8 Å². The van der Waals surface area contributed by atoms with Crippen molar-refractivity contribution in [2.45, 2.75) is 37.6 Å². The van der Waals surface area contributed by atoms with Gasteiger partial charge in [0.05, 0.1) is 40.4 Å². The quantitative estimate of drug-likeness (QED) is 0.0626. The lowest BCUT2D eigenvalue weighted by Crippen LogP contribution is -2.62. The van der Waals surface area contributed by atoms with Gasteiger partial charge in [-0.2, -0.15) is 0 Å². The van der Waals surface area contributed by atoms with Gasteiger partial charge in [0.25, 0.3) is 5.91 Å². The number of hydrogen-bond donors (Lipinski definition) is 4. The van der Waals surface area contributed by atoms with Crippen LogP contribution in [0.2, 0.25) is 0 Å². The molecule has 15 nitrogen and oxygen atoms in total. The second-order valence-corrected chi connectivity index (χ2v) is 8.77. The van der Waals surface area contributed by atoms with Crippen LogP contribution in [0.4, 0.5) is 0 Å². The summed E-state index contributed by atoms with van der Waals surface area (Å²) in [4.78, 5) is 64.3. The first kappa shape index (κ1) is 31.2. The monoisotopic (exact) mass is 518 g/mol. The third-order valence-corrected chi connectivity index (χ3v) is 6.20. The van der Waals surface area contributed by atoms with Crippen LogP contribution >= 0.6 is 0 Å². The van der Waals surface area contributed by atoms with Crippen LogP contribution < -0.4 is 11.7 Å². The van der Waals surface area contributed by atoms with Crippen LogP contribution in [0.15, 0.2) is 0 Å². The molecule has 1 saturated heterocycles. The van der Waals surface area contributed by atoms with E-state index < -0.39 is 41.9 Å². The van der Waals surface area contributed by atoms with Gasteiger partial charge in [-0.3, -0.25) is 38.7 Å². The van der Waals surface area contributed by atoms with Gasteiger partial charge in [0.1, 0.15) is 0 Å². The number of hydrogen-bond acceptors (Lipinski definition) is 12. The molecule has 0 aliphatic carbocycles. The highest BCUT2D eigenvalue weighted by atomic mass is 16.5. The van der Waals surface area contributed by atoms with Crippen molar-refractivity contribution in [2.24, 2.45) is 11.7 Å². The standard InChI is InChI=1S/C21H38N6O9/c1-35-19(33)13-25-10-9-24(11-17(29)30)8-7-21(15-25,6-4-3-5-16(28)27(22)23)26(12-18(31)32)14-20(34)36-2/h3-15,22-23H2,1-2H3,(H,29,30)(H,31,32). The number of carbonyl (C=O) groups excluding carboxylic acids is 3. The average molecular weight is 519 g/mol. The molecular formula is C21H38N6O9. The first-order chi connectivity index (χ1) is 16.9. The van der Waals surface area contributed by atoms with Gasteiger partial charge in [0.15, 0.2) is 0 Å². The molecule has 0 aromatic heterocycles. The largest absolute Gasteiger partial charge is 0.480 e. The molecule has 0 aromatic rings. The molecule has 1 unspecified atom stereocenters. The highest BCUT2D eigenvalue weighted by Gasteiger charge is 2.41. The third kappa shape index (κ3) is 10.8. The molecule has 1 fully saturated rings. The average Bonchev–Trinajstić information content (AvgIpc) is 2.80. The maximum absolute atomic E-state index is 12.2. The lowest BCUT2D eigenvalue weighted by molar-refractivity contribution is -0.150. The Morgan fingerprint density at radius 1 is 0.861 bits per heavy atom. The number of nitrogens with zero attached hydrogens (tertiary/aromatic N) is 4. The number of esters is 2. The summed E-state index contributed by atoms with van der Waals surface area (Å²) in [6, 6.07) is 0. The van der Waals surface area contributed by atoms with E-state index in [-0.39, 0.29) is 32.6 Å². The molecule has 0 saturated carbocycles. The lowest BCUT2D eigenvalue weighted by atomic mass is 9.84. The molecule has 0 spiro atoms. The van der Waals surface area contributed by atoms with E-state index >= 15 is 0 Å². The van der Waals surface area contributed by atoms with Crippen LogP contribution in [0.5, 0.6) is 0 Å². The Kier molecular flexibility index (Phi) is 13.3. The van der Waals surface area contributed by atoms with Crippen molar-refractivity contribution in [3.05, 3.63) is 0 Å². The molecule has 1 atom stereocenters. The Balaban J connectivity index is 3.37. The number of unbranched alkanes of at least 4 members (excludes halogenated alkanes) is 1. The number of nitrogens with two attached hydrogens (primary N) is 2. The van der Waals surface area contributed by atoms with Gasteiger partial charge < -0.3 is 19.7 Å². The fraction of sp³-hybridized carbons (Fsp3) is 0.762. The smallest absolute Gasteiger partial charge is 0.319 e. The lowest BCUT2D eigenvalue weighted by Gasteiger charge is -2.48.